The van der Waals surface area contributed by atoms with Crippen LogP contribution in [0.2, 0.25) is 0 Å². The van der Waals surface area contributed by atoms with E-state index < -0.39 is 11.9 Å². The van der Waals surface area contributed by atoms with E-state index in [0.717, 1.165) is 0 Å². The highest BCUT2D eigenvalue weighted by atomic mass is 16.6. The van der Waals surface area contributed by atoms with Crippen LogP contribution in [0.1, 0.15) is 46.5 Å². The molecule has 2 rings (SSSR count). The Morgan fingerprint density at radius 3 is 2.07 bits per heavy atom. The van der Waals surface area contributed by atoms with Crippen LogP contribution < -0.4 is 10.5 Å². The summed E-state index contributed by atoms with van der Waals surface area (Å²) < 4.78 is 10.1. The van der Waals surface area contributed by atoms with Crippen LogP contribution >= 0.6 is 0 Å². The van der Waals surface area contributed by atoms with Crippen molar-refractivity contribution >= 4 is 23.4 Å². The fraction of sp³-hybridized carbons (Fsp3) is 0.273. The van der Waals surface area contributed by atoms with Crippen molar-refractivity contribution in [2.24, 2.45) is 11.7 Å². The van der Waals surface area contributed by atoms with E-state index in [0.29, 0.717) is 22.4 Å². The number of carbonyl (C=O) groups is 3. The van der Waals surface area contributed by atoms with E-state index in [9.17, 15) is 14.4 Å². The van der Waals surface area contributed by atoms with E-state index in [1.54, 1.807) is 62.4 Å². The number of nitrogen functional groups attached to an aromatic ring is 1. The van der Waals surface area contributed by atoms with E-state index in [2.05, 4.69) is 0 Å². The largest absolute Gasteiger partial charge is 0.482 e. The molecule has 0 bridgehead atoms. The molecule has 0 spiro atoms. The maximum absolute atomic E-state index is 12.6. The van der Waals surface area contributed by atoms with Crippen LogP contribution in [-0.2, 0) is 9.53 Å². The molecule has 0 amide bonds. The second kappa shape index (κ2) is 10.2. The molecule has 0 aliphatic heterocycles. The lowest BCUT2D eigenvalue weighted by atomic mass is 9.92. The molecule has 3 N–H and O–H groups in total. The molecular formula is C22H24N2O5. The van der Waals surface area contributed by atoms with Gasteiger partial charge in [-0.2, -0.15) is 0 Å². The van der Waals surface area contributed by atoms with Gasteiger partial charge in [0.2, 0.25) is 0 Å². The zero-order valence-corrected chi connectivity index (χ0v) is 16.4. The number of rotatable bonds is 10. The number of ether oxygens (including phenoxy) is 2. The average Bonchev–Trinajstić information content (AvgIpc) is 2.72. The molecule has 29 heavy (non-hydrogen) atoms. The molecule has 2 aromatic rings. The van der Waals surface area contributed by atoms with E-state index in [4.69, 9.17) is 20.6 Å². The summed E-state index contributed by atoms with van der Waals surface area (Å²) >= 11 is 0. The first kappa shape index (κ1) is 21.8. The van der Waals surface area contributed by atoms with Crippen LogP contribution in [0, 0.1) is 11.3 Å². The van der Waals surface area contributed by atoms with Gasteiger partial charge in [0.15, 0.2) is 18.2 Å². The van der Waals surface area contributed by atoms with E-state index in [1.807, 2.05) is 0 Å². The number of benzene rings is 2. The van der Waals surface area contributed by atoms with Crippen molar-refractivity contribution < 1.29 is 23.9 Å². The van der Waals surface area contributed by atoms with Crippen molar-refractivity contribution in [2.45, 2.75) is 20.3 Å². The van der Waals surface area contributed by atoms with Gasteiger partial charge in [-0.15, -0.1) is 0 Å². The van der Waals surface area contributed by atoms with Crippen LogP contribution in [0.3, 0.4) is 0 Å². The number of amidine groups is 1. The molecule has 1 unspecified atom stereocenters. The van der Waals surface area contributed by atoms with Crippen molar-refractivity contribution in [3.8, 4) is 5.75 Å². The second-order valence-electron chi connectivity index (χ2n) is 6.50. The zero-order chi connectivity index (χ0) is 21.4. The molecule has 0 saturated heterocycles. The highest BCUT2D eigenvalue weighted by Gasteiger charge is 2.20. The SMILES string of the molecule is CCOC(=O)COc1ccc(C(=O)C(C)CC(=O)c2ccc(C(=N)N)cc2)cc1. The second-order valence-corrected chi connectivity index (χ2v) is 6.50. The molecule has 1 atom stereocenters. The van der Waals surface area contributed by atoms with Gasteiger partial charge in [-0.1, -0.05) is 31.2 Å². The quantitative estimate of drug-likeness (QED) is 0.276. The van der Waals surface area contributed by atoms with Gasteiger partial charge in [-0.25, -0.2) is 4.79 Å². The molecule has 0 saturated carbocycles. The Hall–Kier alpha value is -3.48. The van der Waals surface area contributed by atoms with E-state index >= 15 is 0 Å². The highest BCUT2D eigenvalue weighted by molar-refractivity contribution is 6.04. The number of carbonyl (C=O) groups excluding carboxylic acids is 3. The third kappa shape index (κ3) is 6.27. The van der Waals surface area contributed by atoms with Crippen molar-refractivity contribution in [2.75, 3.05) is 13.2 Å². The lowest BCUT2D eigenvalue weighted by Gasteiger charge is -2.11. The first-order valence-corrected chi connectivity index (χ1v) is 9.22. The lowest BCUT2D eigenvalue weighted by Crippen LogP contribution is -2.17. The fourth-order valence-corrected chi connectivity index (χ4v) is 2.67. The minimum atomic E-state index is -0.499. The summed E-state index contributed by atoms with van der Waals surface area (Å²) in [5.41, 5.74) is 6.87. The van der Waals surface area contributed by atoms with Crippen LogP contribution in [0.5, 0.6) is 5.75 Å². The first-order valence-electron chi connectivity index (χ1n) is 9.22. The summed E-state index contributed by atoms with van der Waals surface area (Å²) in [6, 6.07) is 12.8. The van der Waals surface area contributed by atoms with Crippen molar-refractivity contribution in [1.29, 1.82) is 5.41 Å². The zero-order valence-electron chi connectivity index (χ0n) is 16.4. The number of nitrogens with one attached hydrogen (secondary N) is 1. The summed E-state index contributed by atoms with van der Waals surface area (Å²) in [5, 5.41) is 7.38. The van der Waals surface area contributed by atoms with Crippen LogP contribution in [0.15, 0.2) is 48.5 Å². The molecule has 2 aromatic carbocycles. The molecular weight excluding hydrogens is 372 g/mol. The van der Waals surface area contributed by atoms with E-state index in [1.165, 1.54) is 0 Å². The fourth-order valence-electron chi connectivity index (χ4n) is 2.67. The maximum atomic E-state index is 12.6. The molecule has 0 fully saturated rings. The van der Waals surface area contributed by atoms with E-state index in [-0.39, 0.29) is 37.0 Å². The third-order valence-electron chi connectivity index (χ3n) is 4.26. The molecule has 0 aromatic heterocycles. The topological polar surface area (TPSA) is 120 Å². The van der Waals surface area contributed by atoms with Gasteiger partial charge in [-0.05, 0) is 31.2 Å². The molecule has 0 aliphatic rings. The summed E-state index contributed by atoms with van der Waals surface area (Å²) in [6.45, 7) is 3.50. The van der Waals surface area contributed by atoms with Gasteiger partial charge in [-0.3, -0.25) is 15.0 Å². The standard InChI is InChI=1S/C22H24N2O5/c1-3-28-20(26)13-29-18-10-8-16(9-11-18)21(27)14(2)12-19(25)15-4-6-17(7-5-15)22(23)24/h4-11,14H,3,12-13H2,1-2H3,(H3,23,24). The Kier molecular flexibility index (Phi) is 7.65. The van der Waals surface area contributed by atoms with Crippen LogP contribution in [0.4, 0.5) is 0 Å². The highest BCUT2D eigenvalue weighted by Crippen LogP contribution is 2.19. The monoisotopic (exact) mass is 396 g/mol. The van der Waals surface area contributed by atoms with Crippen molar-refractivity contribution in [3.05, 3.63) is 65.2 Å². The van der Waals surface area contributed by atoms with Crippen molar-refractivity contribution in [3.63, 3.8) is 0 Å². The maximum Gasteiger partial charge on any atom is 0.344 e. The van der Waals surface area contributed by atoms with Gasteiger partial charge in [0.1, 0.15) is 11.6 Å². The summed E-state index contributed by atoms with van der Waals surface area (Å²) in [6.07, 6.45) is 0.0688. The molecule has 0 aliphatic carbocycles. The molecule has 7 nitrogen and oxygen atoms in total. The van der Waals surface area contributed by atoms with Gasteiger partial charge >= 0.3 is 5.97 Å². The smallest absolute Gasteiger partial charge is 0.344 e. The Morgan fingerprint density at radius 1 is 0.966 bits per heavy atom. The van der Waals surface area contributed by atoms with Gasteiger partial charge in [0, 0.05) is 29.0 Å². The minimum absolute atomic E-state index is 0.0674. The molecule has 152 valence electrons. The van der Waals surface area contributed by atoms with Crippen molar-refractivity contribution in [1.82, 2.24) is 0 Å². The number of Topliss-reactive ketones (excluding diaryl/α,β-unsaturated/α-hetero) is 2. The van der Waals surface area contributed by atoms with Crippen LogP contribution in [-0.4, -0.2) is 36.6 Å². The Morgan fingerprint density at radius 2 is 1.52 bits per heavy atom. The van der Waals surface area contributed by atoms with Gasteiger partial charge in [0.05, 0.1) is 6.61 Å². The summed E-state index contributed by atoms with van der Waals surface area (Å²) in [5.74, 6) is -0.894. The first-order chi connectivity index (χ1) is 13.8. The molecule has 0 heterocycles. The summed E-state index contributed by atoms with van der Waals surface area (Å²) in [7, 11) is 0. The number of nitrogens with two attached hydrogens (primary N) is 1. The van der Waals surface area contributed by atoms with Gasteiger partial charge in [0.25, 0.3) is 0 Å². The number of ketones is 2. The predicted molar refractivity (Wildman–Crippen MR) is 108 cm³/mol. The number of hydrogen-bond acceptors (Lipinski definition) is 6. The van der Waals surface area contributed by atoms with Crippen LogP contribution in [0.25, 0.3) is 0 Å². The molecule has 7 heteroatoms. The lowest BCUT2D eigenvalue weighted by molar-refractivity contribution is -0.145. The third-order valence-corrected chi connectivity index (χ3v) is 4.26. The normalized spacial score (nSPS) is 11.4. The summed E-state index contributed by atoms with van der Waals surface area (Å²) in [4.78, 5) is 36.3. The minimum Gasteiger partial charge on any atom is -0.482 e. The average molecular weight is 396 g/mol. The Balaban J connectivity index is 1.94. The Labute approximate surface area is 169 Å². The Bertz CT molecular complexity index is 888. The number of hydrogen-bond donors (Lipinski definition) is 2. The van der Waals surface area contributed by atoms with Gasteiger partial charge < -0.3 is 15.2 Å². The molecule has 0 radical (unpaired) electrons. The number of esters is 1. The predicted octanol–water partition coefficient (Wildman–Crippen LogP) is 3.00.